The third-order valence-corrected chi connectivity index (χ3v) is 9.72. The monoisotopic (exact) mass is 564 g/mol. The van der Waals surface area contributed by atoms with Gasteiger partial charge in [0.1, 0.15) is 0 Å². The Kier molecular flexibility index (Phi) is 10.1. The van der Waals surface area contributed by atoms with Gasteiger partial charge in [-0.1, -0.05) is 30.2 Å². The van der Waals surface area contributed by atoms with Crippen LogP contribution in [0.25, 0.3) is 10.2 Å². The SMILES string of the molecule is Cc1cc(C)c2sc(N(CCCN(C)C)C(=O)c3ccc(S(=O)(=O)N4CCCCCC4)cc3)nc2c1.Cl. The highest BCUT2D eigenvalue weighted by Gasteiger charge is 2.26. The second-order valence-corrected chi connectivity index (χ2v) is 12.8. The number of carbonyl (C=O) groups is 1. The molecule has 1 amide bonds. The van der Waals surface area contributed by atoms with Crippen LogP contribution in [0.2, 0.25) is 0 Å². The number of amides is 1. The van der Waals surface area contributed by atoms with Crippen LogP contribution in [-0.4, -0.2) is 68.8 Å². The van der Waals surface area contributed by atoms with Gasteiger partial charge < -0.3 is 4.90 Å². The summed E-state index contributed by atoms with van der Waals surface area (Å²) >= 11 is 1.53. The van der Waals surface area contributed by atoms with Gasteiger partial charge in [-0.2, -0.15) is 4.31 Å². The molecular weight excluding hydrogens is 528 g/mol. The topological polar surface area (TPSA) is 73.8 Å². The third kappa shape index (κ3) is 6.89. The maximum absolute atomic E-state index is 13.7. The van der Waals surface area contributed by atoms with Gasteiger partial charge in [0, 0.05) is 25.2 Å². The largest absolute Gasteiger partial charge is 0.309 e. The van der Waals surface area contributed by atoms with Crippen molar-refractivity contribution in [1.29, 1.82) is 0 Å². The molecule has 37 heavy (non-hydrogen) atoms. The lowest BCUT2D eigenvalue weighted by Gasteiger charge is -2.22. The molecular formula is C27H37ClN4O3S2. The molecule has 1 aliphatic heterocycles. The Morgan fingerprint density at radius 2 is 1.65 bits per heavy atom. The number of hydrogen-bond donors (Lipinski definition) is 0. The number of halogens is 1. The maximum atomic E-state index is 13.7. The molecule has 0 radical (unpaired) electrons. The highest BCUT2D eigenvalue weighted by Crippen LogP contribution is 2.33. The van der Waals surface area contributed by atoms with Crippen LogP contribution in [-0.2, 0) is 10.0 Å². The highest BCUT2D eigenvalue weighted by molar-refractivity contribution is 7.89. The Balaban J connectivity index is 0.00000380. The lowest BCUT2D eigenvalue weighted by atomic mass is 10.1. The molecule has 2 aromatic carbocycles. The Hall–Kier alpha value is -2.04. The minimum Gasteiger partial charge on any atom is -0.309 e. The number of anilines is 1. The summed E-state index contributed by atoms with van der Waals surface area (Å²) in [6.45, 7) is 6.60. The molecule has 0 N–H and O–H groups in total. The zero-order chi connectivity index (χ0) is 25.9. The van der Waals surface area contributed by atoms with Crippen molar-refractivity contribution in [3.63, 3.8) is 0 Å². The van der Waals surface area contributed by atoms with Gasteiger partial charge in [-0.25, -0.2) is 13.4 Å². The second-order valence-electron chi connectivity index (χ2n) is 9.88. The number of benzene rings is 2. The van der Waals surface area contributed by atoms with Gasteiger partial charge in [-0.05, 0) is 95.2 Å². The van der Waals surface area contributed by atoms with E-state index in [1.54, 1.807) is 33.5 Å². The fourth-order valence-electron chi connectivity index (χ4n) is 4.67. The van der Waals surface area contributed by atoms with E-state index in [9.17, 15) is 13.2 Å². The van der Waals surface area contributed by atoms with E-state index in [0.717, 1.165) is 60.0 Å². The third-order valence-electron chi connectivity index (χ3n) is 6.58. The van der Waals surface area contributed by atoms with Crippen molar-refractivity contribution in [3.8, 4) is 0 Å². The van der Waals surface area contributed by atoms with Gasteiger partial charge in [-0.3, -0.25) is 9.69 Å². The minimum absolute atomic E-state index is 0. The molecule has 10 heteroatoms. The summed E-state index contributed by atoms with van der Waals surface area (Å²) in [5.74, 6) is -0.166. The standard InChI is InChI=1S/C27H36N4O3S2.ClH/c1-20-18-21(2)25-24(19-20)28-27(35-25)31(17-9-14-29(3)4)26(32)22-10-12-23(13-11-22)36(33,34)30-15-7-5-6-8-16-30;/h10-13,18-19H,5-9,14-17H2,1-4H3;1H. The molecule has 0 unspecified atom stereocenters. The summed E-state index contributed by atoms with van der Waals surface area (Å²) in [7, 11) is 0.469. The van der Waals surface area contributed by atoms with Crippen molar-refractivity contribution in [3.05, 3.63) is 53.1 Å². The van der Waals surface area contributed by atoms with E-state index >= 15 is 0 Å². The van der Waals surface area contributed by atoms with Gasteiger partial charge >= 0.3 is 0 Å². The quantitative estimate of drug-likeness (QED) is 0.361. The van der Waals surface area contributed by atoms with E-state index in [4.69, 9.17) is 4.98 Å². The number of carbonyl (C=O) groups excluding carboxylic acids is 1. The molecule has 1 aliphatic rings. The first-order chi connectivity index (χ1) is 17.2. The van der Waals surface area contributed by atoms with Crippen molar-refractivity contribution < 1.29 is 13.2 Å². The molecule has 1 fully saturated rings. The predicted molar refractivity (Wildman–Crippen MR) is 155 cm³/mol. The second kappa shape index (κ2) is 12.7. The molecule has 0 atom stereocenters. The Morgan fingerprint density at radius 3 is 2.27 bits per heavy atom. The number of sulfonamides is 1. The highest BCUT2D eigenvalue weighted by atomic mass is 35.5. The van der Waals surface area contributed by atoms with Gasteiger partial charge in [0.05, 0.1) is 15.1 Å². The first kappa shape index (κ1) is 29.5. The van der Waals surface area contributed by atoms with Gasteiger partial charge in [0.2, 0.25) is 10.0 Å². The molecule has 0 saturated carbocycles. The van der Waals surface area contributed by atoms with E-state index in [0.29, 0.717) is 30.3 Å². The van der Waals surface area contributed by atoms with Crippen LogP contribution in [0.15, 0.2) is 41.3 Å². The minimum atomic E-state index is -3.56. The van der Waals surface area contributed by atoms with Crippen LogP contribution >= 0.6 is 23.7 Å². The Labute approximate surface area is 230 Å². The lowest BCUT2D eigenvalue weighted by Crippen LogP contribution is -2.34. The summed E-state index contributed by atoms with van der Waals surface area (Å²) < 4.78 is 29.0. The normalized spacial score (nSPS) is 14.9. The van der Waals surface area contributed by atoms with Crippen LogP contribution in [0.3, 0.4) is 0 Å². The zero-order valence-electron chi connectivity index (χ0n) is 22.1. The van der Waals surface area contributed by atoms with Gasteiger partial charge in [0.15, 0.2) is 5.13 Å². The first-order valence-corrected chi connectivity index (χ1v) is 14.9. The van der Waals surface area contributed by atoms with Crippen LogP contribution < -0.4 is 4.90 Å². The number of fused-ring (bicyclic) bond motifs is 1. The molecule has 1 aromatic heterocycles. The van der Waals surface area contributed by atoms with Crippen molar-refractivity contribution in [2.24, 2.45) is 0 Å². The molecule has 4 rings (SSSR count). The fourth-order valence-corrected chi connectivity index (χ4v) is 7.22. The average molecular weight is 565 g/mol. The predicted octanol–water partition coefficient (Wildman–Crippen LogP) is 5.50. The molecule has 2 heterocycles. The zero-order valence-corrected chi connectivity index (χ0v) is 24.5. The summed E-state index contributed by atoms with van der Waals surface area (Å²) in [5, 5.41) is 0.670. The number of thiazole rings is 1. The van der Waals surface area contributed by atoms with E-state index in [2.05, 4.69) is 17.9 Å². The summed E-state index contributed by atoms with van der Waals surface area (Å²) in [6.07, 6.45) is 4.70. The number of rotatable bonds is 8. The van der Waals surface area contributed by atoms with Crippen molar-refractivity contribution in [1.82, 2.24) is 14.2 Å². The van der Waals surface area contributed by atoms with Crippen LogP contribution in [0.5, 0.6) is 0 Å². The molecule has 0 spiro atoms. The molecule has 0 bridgehead atoms. The van der Waals surface area contributed by atoms with Crippen molar-refractivity contribution in [2.75, 3.05) is 45.2 Å². The maximum Gasteiger partial charge on any atom is 0.260 e. The average Bonchev–Trinajstić information content (AvgIpc) is 3.06. The van der Waals surface area contributed by atoms with Crippen LogP contribution in [0.4, 0.5) is 5.13 Å². The summed E-state index contributed by atoms with van der Waals surface area (Å²) in [6, 6.07) is 10.6. The fraction of sp³-hybridized carbons (Fsp3) is 0.481. The Morgan fingerprint density at radius 1 is 1.00 bits per heavy atom. The van der Waals surface area contributed by atoms with Gasteiger partial charge in [-0.15, -0.1) is 12.4 Å². The number of aromatic nitrogens is 1. The van der Waals surface area contributed by atoms with Crippen LogP contribution in [0, 0.1) is 13.8 Å². The van der Waals surface area contributed by atoms with Crippen LogP contribution in [0.1, 0.15) is 53.6 Å². The van der Waals surface area contributed by atoms with E-state index < -0.39 is 10.0 Å². The number of nitrogens with zero attached hydrogens (tertiary/aromatic N) is 4. The van der Waals surface area contributed by atoms with Gasteiger partial charge in [0.25, 0.3) is 5.91 Å². The first-order valence-electron chi connectivity index (χ1n) is 12.6. The van der Waals surface area contributed by atoms with Crippen molar-refractivity contribution >= 4 is 55.0 Å². The smallest absolute Gasteiger partial charge is 0.260 e. The Bertz CT molecular complexity index is 1320. The molecule has 3 aromatic rings. The summed E-state index contributed by atoms with van der Waals surface area (Å²) in [4.78, 5) is 22.6. The van der Waals surface area contributed by atoms with E-state index in [1.807, 2.05) is 27.1 Å². The van der Waals surface area contributed by atoms with Crippen molar-refractivity contribution in [2.45, 2.75) is 50.8 Å². The number of aryl methyl sites for hydroxylation is 2. The molecule has 7 nitrogen and oxygen atoms in total. The summed E-state index contributed by atoms with van der Waals surface area (Å²) in [5.41, 5.74) is 3.65. The lowest BCUT2D eigenvalue weighted by molar-refractivity contribution is 0.0986. The molecule has 0 aliphatic carbocycles. The number of hydrogen-bond acceptors (Lipinski definition) is 6. The van der Waals surface area contributed by atoms with E-state index in [1.165, 1.54) is 11.3 Å². The molecule has 1 saturated heterocycles. The molecule has 202 valence electrons. The van der Waals surface area contributed by atoms with E-state index in [-0.39, 0.29) is 23.2 Å².